The highest BCUT2D eigenvalue weighted by atomic mass is 32.1. The molecule has 2 aromatic rings. The van der Waals surface area contributed by atoms with Crippen molar-refractivity contribution in [3.8, 4) is 6.07 Å². The third kappa shape index (κ3) is 3.11. The Morgan fingerprint density at radius 1 is 1.20 bits per heavy atom. The summed E-state index contributed by atoms with van der Waals surface area (Å²) < 4.78 is 0. The molecule has 0 bridgehead atoms. The van der Waals surface area contributed by atoms with E-state index in [1.54, 1.807) is 0 Å². The highest BCUT2D eigenvalue weighted by Gasteiger charge is 2.33. The maximum absolute atomic E-state index is 8.96. The number of fused-ring (bicyclic) bond motifs is 1. The van der Waals surface area contributed by atoms with Gasteiger partial charge < -0.3 is 0 Å². The van der Waals surface area contributed by atoms with Crippen molar-refractivity contribution < 1.29 is 0 Å². The van der Waals surface area contributed by atoms with E-state index in [-0.39, 0.29) is 0 Å². The van der Waals surface area contributed by atoms with Gasteiger partial charge in [0.25, 0.3) is 0 Å². The maximum Gasteiger partial charge on any atom is 0.0991 e. The lowest BCUT2D eigenvalue weighted by Crippen LogP contribution is -2.19. The smallest absolute Gasteiger partial charge is 0.0991 e. The number of thiophene rings is 1. The van der Waals surface area contributed by atoms with Crippen LogP contribution in [0.5, 0.6) is 0 Å². The van der Waals surface area contributed by atoms with Crippen molar-refractivity contribution in [1.82, 2.24) is 0 Å². The molecule has 1 unspecified atom stereocenters. The number of hydrogen-bond acceptors (Lipinski definition) is 2. The molecule has 20 heavy (non-hydrogen) atoms. The van der Waals surface area contributed by atoms with Gasteiger partial charge in [-0.15, -0.1) is 11.3 Å². The van der Waals surface area contributed by atoms with Gasteiger partial charge in [-0.2, -0.15) is 5.26 Å². The summed E-state index contributed by atoms with van der Waals surface area (Å²) in [4.78, 5) is 1.46. The lowest BCUT2D eigenvalue weighted by Gasteiger charge is -2.22. The number of benzene rings is 1. The van der Waals surface area contributed by atoms with Gasteiger partial charge in [-0.05, 0) is 59.4 Å². The molecule has 0 aliphatic heterocycles. The molecule has 0 radical (unpaired) electrons. The Morgan fingerprint density at radius 2 is 1.95 bits per heavy atom. The van der Waals surface area contributed by atoms with Gasteiger partial charge in [-0.25, -0.2) is 0 Å². The van der Waals surface area contributed by atoms with Crippen molar-refractivity contribution in [2.45, 2.75) is 40.0 Å². The van der Waals surface area contributed by atoms with E-state index < -0.39 is 0 Å². The molecule has 104 valence electrons. The van der Waals surface area contributed by atoms with E-state index in [0.29, 0.717) is 5.41 Å². The van der Waals surface area contributed by atoms with Crippen LogP contribution in [0, 0.1) is 16.7 Å². The molecule has 1 heterocycles. The third-order valence-electron chi connectivity index (χ3n) is 3.75. The second-order valence-corrected chi connectivity index (χ2v) is 6.55. The molecule has 1 aliphatic rings. The van der Waals surface area contributed by atoms with E-state index in [9.17, 15) is 0 Å². The van der Waals surface area contributed by atoms with Crippen LogP contribution in [0.3, 0.4) is 0 Å². The van der Waals surface area contributed by atoms with E-state index in [2.05, 4.69) is 42.6 Å². The van der Waals surface area contributed by atoms with Gasteiger partial charge in [0.1, 0.15) is 0 Å². The maximum atomic E-state index is 8.96. The van der Waals surface area contributed by atoms with Crippen molar-refractivity contribution in [2.75, 3.05) is 0 Å². The molecule has 2 heteroatoms. The quantitative estimate of drug-likeness (QED) is 0.761. The average Bonchev–Trinajstić information content (AvgIpc) is 3.06. The van der Waals surface area contributed by atoms with E-state index >= 15 is 0 Å². The first-order chi connectivity index (χ1) is 9.68. The molecule has 1 aliphatic carbocycles. The van der Waals surface area contributed by atoms with Gasteiger partial charge in [0.15, 0.2) is 0 Å². The highest BCUT2D eigenvalue weighted by Crippen LogP contribution is 2.40. The number of hydrogen-bond donors (Lipinski definition) is 0. The summed E-state index contributed by atoms with van der Waals surface area (Å²) in [5.41, 5.74) is 3.90. The fraction of sp³-hybridized carbons (Fsp3) is 0.389. The average molecular weight is 283 g/mol. The fourth-order valence-electron chi connectivity index (χ4n) is 2.97. The van der Waals surface area contributed by atoms with E-state index in [1.807, 2.05) is 31.3 Å². The summed E-state index contributed by atoms with van der Waals surface area (Å²) in [7, 11) is 0. The normalized spacial score (nSPS) is 19.7. The summed E-state index contributed by atoms with van der Waals surface area (Å²) in [5, 5.41) is 11.1. The summed E-state index contributed by atoms with van der Waals surface area (Å²) in [6.45, 7) is 6.36. The van der Waals surface area contributed by atoms with Crippen molar-refractivity contribution in [3.05, 3.63) is 57.3 Å². The number of nitriles is 1. The lowest BCUT2D eigenvalue weighted by atomic mass is 9.83. The topological polar surface area (TPSA) is 23.8 Å². The van der Waals surface area contributed by atoms with E-state index in [4.69, 9.17) is 5.26 Å². The Bertz CT molecular complexity index is 607. The van der Waals surface area contributed by atoms with Crippen LogP contribution in [-0.4, -0.2) is 0 Å². The van der Waals surface area contributed by atoms with Crippen LogP contribution in [0.4, 0.5) is 0 Å². The van der Waals surface area contributed by atoms with Crippen LogP contribution in [0.15, 0.2) is 35.7 Å². The lowest BCUT2D eigenvalue weighted by molar-refractivity contribution is 0.346. The third-order valence-corrected chi connectivity index (χ3v) is 4.63. The first-order valence-electron chi connectivity index (χ1n) is 7.23. The molecule has 1 aromatic heterocycles. The molecule has 1 atom stereocenters. The van der Waals surface area contributed by atoms with E-state index in [1.165, 1.54) is 16.0 Å². The minimum Gasteiger partial charge on any atom is -0.192 e. The van der Waals surface area contributed by atoms with Gasteiger partial charge in [0.05, 0.1) is 11.6 Å². The van der Waals surface area contributed by atoms with Crippen LogP contribution >= 0.6 is 11.3 Å². The van der Waals surface area contributed by atoms with Gasteiger partial charge in [0.2, 0.25) is 0 Å². The zero-order chi connectivity index (χ0) is 14.6. The molecule has 1 aromatic carbocycles. The van der Waals surface area contributed by atoms with Gasteiger partial charge >= 0.3 is 0 Å². The van der Waals surface area contributed by atoms with Gasteiger partial charge in [-0.1, -0.05) is 32.9 Å². The first-order valence-corrected chi connectivity index (χ1v) is 8.11. The minimum absolute atomic E-state index is 0.321. The summed E-state index contributed by atoms with van der Waals surface area (Å²) >= 11 is 1.84. The Kier molecular flexibility index (Phi) is 4.62. The summed E-state index contributed by atoms with van der Waals surface area (Å²) in [5.74, 6) is 0. The predicted molar refractivity (Wildman–Crippen MR) is 86.0 cm³/mol. The Hall–Kier alpha value is -1.59. The summed E-state index contributed by atoms with van der Waals surface area (Å²) in [6, 6.07) is 12.7. The molecule has 1 nitrogen and oxygen atoms in total. The van der Waals surface area contributed by atoms with Crippen LogP contribution in [-0.2, 0) is 19.3 Å². The van der Waals surface area contributed by atoms with E-state index in [0.717, 1.165) is 24.8 Å². The first kappa shape index (κ1) is 14.8. The van der Waals surface area contributed by atoms with Crippen LogP contribution in [0.25, 0.3) is 0 Å². The Labute approximate surface area is 125 Å². The molecule has 3 rings (SSSR count). The minimum atomic E-state index is 0.321. The zero-order valence-electron chi connectivity index (χ0n) is 12.4. The summed E-state index contributed by atoms with van der Waals surface area (Å²) in [6.07, 6.45) is 3.36. The monoisotopic (exact) mass is 283 g/mol. The van der Waals surface area contributed by atoms with Gasteiger partial charge in [-0.3, -0.25) is 0 Å². The highest BCUT2D eigenvalue weighted by molar-refractivity contribution is 7.09. The molecule has 0 saturated heterocycles. The second kappa shape index (κ2) is 6.24. The molecule has 0 fully saturated rings. The Balaban J connectivity index is 0.000000704. The standard InChI is InChI=1S/C16H15NS.C2H6/c1-16(10-15-3-2-6-18-15)8-13-5-4-12(11-17)7-14(13)9-16;1-2/h2-7H,8-10H2,1H3;1-2H3. The fourth-order valence-corrected chi connectivity index (χ4v) is 3.89. The second-order valence-electron chi connectivity index (χ2n) is 5.52. The molecule has 0 amide bonds. The number of nitrogens with zero attached hydrogens (tertiary/aromatic N) is 1. The molecule has 0 N–H and O–H groups in total. The molecular weight excluding hydrogens is 262 g/mol. The van der Waals surface area contributed by atoms with Crippen molar-refractivity contribution in [2.24, 2.45) is 5.41 Å². The van der Waals surface area contributed by atoms with Crippen molar-refractivity contribution >= 4 is 11.3 Å². The SMILES string of the molecule is CC.CC1(Cc2cccs2)Cc2ccc(C#N)cc2C1. The molecular formula is C18H21NS. The molecule has 0 saturated carbocycles. The van der Waals surface area contributed by atoms with Crippen LogP contribution in [0.2, 0.25) is 0 Å². The largest absolute Gasteiger partial charge is 0.192 e. The predicted octanol–water partition coefficient (Wildman–Crippen LogP) is 4.99. The van der Waals surface area contributed by atoms with Crippen molar-refractivity contribution in [1.29, 1.82) is 5.26 Å². The zero-order valence-corrected chi connectivity index (χ0v) is 13.3. The molecule has 0 spiro atoms. The Morgan fingerprint density at radius 3 is 2.60 bits per heavy atom. The number of rotatable bonds is 2. The van der Waals surface area contributed by atoms with Crippen molar-refractivity contribution in [3.63, 3.8) is 0 Å². The van der Waals surface area contributed by atoms with Crippen LogP contribution < -0.4 is 0 Å². The van der Waals surface area contributed by atoms with Gasteiger partial charge in [0, 0.05) is 4.88 Å². The van der Waals surface area contributed by atoms with Crippen LogP contribution in [0.1, 0.15) is 42.3 Å².